The Balaban J connectivity index is 1.63. The second-order valence-corrected chi connectivity index (χ2v) is 8.62. The topological polar surface area (TPSA) is 95.3 Å². The van der Waals surface area contributed by atoms with Gasteiger partial charge in [0.25, 0.3) is 0 Å². The number of carbonyl (C=O) groups is 2. The Morgan fingerprint density at radius 1 is 1.25 bits per heavy atom. The molecule has 0 aliphatic carbocycles. The number of ether oxygens (including phenoxy) is 2. The summed E-state index contributed by atoms with van der Waals surface area (Å²) in [7, 11) is 1.74. The summed E-state index contributed by atoms with van der Waals surface area (Å²) >= 11 is 2.47. The monoisotopic (exact) mass is 482 g/mol. The number of alkyl halides is 2. The minimum Gasteiger partial charge on any atom is -0.462 e. The number of hydrogen-bond donors (Lipinski definition) is 1. The molecule has 1 amide bonds. The highest BCUT2D eigenvalue weighted by molar-refractivity contribution is 7.99. The zero-order valence-electron chi connectivity index (χ0n) is 17.4. The Labute approximate surface area is 190 Å². The van der Waals surface area contributed by atoms with Crippen LogP contribution in [0.5, 0.6) is 5.75 Å². The lowest BCUT2D eigenvalue weighted by Gasteiger charge is -2.07. The molecule has 12 heteroatoms. The summed E-state index contributed by atoms with van der Waals surface area (Å²) < 4.78 is 35.6. The highest BCUT2D eigenvalue weighted by Gasteiger charge is 2.19. The third kappa shape index (κ3) is 5.82. The van der Waals surface area contributed by atoms with Crippen molar-refractivity contribution < 1.29 is 27.8 Å². The van der Waals surface area contributed by atoms with Gasteiger partial charge in [0, 0.05) is 17.5 Å². The third-order valence-electron chi connectivity index (χ3n) is 4.11. The van der Waals surface area contributed by atoms with E-state index in [4.69, 9.17) is 4.74 Å². The van der Waals surface area contributed by atoms with E-state index in [1.54, 1.807) is 36.7 Å². The first-order valence-electron chi connectivity index (χ1n) is 9.43. The Bertz CT molecular complexity index is 1100. The van der Waals surface area contributed by atoms with E-state index in [1.165, 1.54) is 35.2 Å². The number of anilines is 1. The zero-order chi connectivity index (χ0) is 23.3. The van der Waals surface area contributed by atoms with Crippen molar-refractivity contribution in [3.63, 3.8) is 0 Å². The van der Waals surface area contributed by atoms with Crippen LogP contribution in [0.4, 0.5) is 13.8 Å². The van der Waals surface area contributed by atoms with Crippen LogP contribution in [0.2, 0.25) is 0 Å². The molecule has 0 spiro atoms. The van der Waals surface area contributed by atoms with Crippen LogP contribution in [0.1, 0.15) is 22.2 Å². The van der Waals surface area contributed by atoms with E-state index < -0.39 is 12.6 Å². The first-order valence-corrected chi connectivity index (χ1v) is 11.2. The molecular weight excluding hydrogens is 462 g/mol. The van der Waals surface area contributed by atoms with Gasteiger partial charge in [0.1, 0.15) is 10.8 Å². The molecule has 2 heterocycles. The lowest BCUT2D eigenvalue weighted by atomic mass is 10.2. The predicted molar refractivity (Wildman–Crippen MR) is 117 cm³/mol. The van der Waals surface area contributed by atoms with Gasteiger partial charge in [0.05, 0.1) is 17.9 Å². The Morgan fingerprint density at radius 2 is 1.97 bits per heavy atom. The lowest BCUT2D eigenvalue weighted by Crippen LogP contribution is -2.16. The number of esters is 1. The van der Waals surface area contributed by atoms with Gasteiger partial charge >= 0.3 is 12.6 Å². The molecule has 0 bridgehead atoms. The summed E-state index contributed by atoms with van der Waals surface area (Å²) in [6.45, 7) is 0.905. The maximum atomic E-state index is 12.4. The highest BCUT2D eigenvalue weighted by Crippen LogP contribution is 2.29. The van der Waals surface area contributed by atoms with E-state index in [2.05, 4.69) is 20.3 Å². The molecule has 0 aliphatic heterocycles. The van der Waals surface area contributed by atoms with Crippen LogP contribution in [-0.4, -0.2) is 45.6 Å². The quantitative estimate of drug-likeness (QED) is 0.358. The van der Waals surface area contributed by atoms with Crippen LogP contribution >= 0.6 is 23.1 Å². The van der Waals surface area contributed by atoms with Gasteiger partial charge in [-0.05, 0) is 44.2 Å². The zero-order valence-corrected chi connectivity index (χ0v) is 19.1. The minimum atomic E-state index is -2.89. The number of nitrogens with one attached hydrogen (secondary N) is 1. The molecule has 0 aliphatic rings. The maximum Gasteiger partial charge on any atom is 0.387 e. The van der Waals surface area contributed by atoms with Gasteiger partial charge in [-0.15, -0.1) is 21.5 Å². The summed E-state index contributed by atoms with van der Waals surface area (Å²) in [6.07, 6.45) is 0. The number of carbonyl (C=O) groups excluding carboxylic acids is 2. The Hall–Kier alpha value is -2.99. The first-order chi connectivity index (χ1) is 15.3. The minimum absolute atomic E-state index is 0.0446. The number of hydrogen-bond acceptors (Lipinski definition) is 8. The fourth-order valence-corrected chi connectivity index (χ4v) is 4.36. The second kappa shape index (κ2) is 10.6. The summed E-state index contributed by atoms with van der Waals surface area (Å²) in [5.74, 6) is -0.187. The molecule has 32 heavy (non-hydrogen) atoms. The van der Waals surface area contributed by atoms with E-state index >= 15 is 0 Å². The normalized spacial score (nSPS) is 10.9. The average Bonchev–Trinajstić information content (AvgIpc) is 3.29. The van der Waals surface area contributed by atoms with Crippen molar-refractivity contribution in [1.82, 2.24) is 14.8 Å². The van der Waals surface area contributed by atoms with Gasteiger partial charge in [0.15, 0.2) is 11.0 Å². The third-order valence-corrected chi connectivity index (χ3v) is 6.09. The average molecular weight is 483 g/mol. The molecule has 0 fully saturated rings. The van der Waals surface area contributed by atoms with Crippen molar-refractivity contribution in [2.24, 2.45) is 7.05 Å². The number of aromatic nitrogens is 3. The number of thiophene rings is 1. The Morgan fingerprint density at radius 3 is 2.62 bits per heavy atom. The maximum absolute atomic E-state index is 12.4. The highest BCUT2D eigenvalue weighted by atomic mass is 32.2. The standard InChI is InChI=1S/C20H20F2N4O4S2/c1-4-29-18(28)14-9-11(2)32-17(14)23-15(27)10-31-20-25-24-16(26(20)3)12-5-7-13(8-6-12)30-19(21)22/h5-9,19H,4,10H2,1-3H3,(H,23,27). The molecular formula is C20H20F2N4O4S2. The van der Waals surface area contributed by atoms with Crippen LogP contribution in [0, 0.1) is 6.92 Å². The molecule has 2 aromatic heterocycles. The summed E-state index contributed by atoms with van der Waals surface area (Å²) in [6, 6.07) is 7.71. The first kappa shape index (κ1) is 23.7. The van der Waals surface area contributed by atoms with E-state index in [1.807, 2.05) is 6.92 Å². The molecule has 0 saturated heterocycles. The van der Waals surface area contributed by atoms with Gasteiger partial charge in [-0.1, -0.05) is 11.8 Å². The number of rotatable bonds is 9. The van der Waals surface area contributed by atoms with Crippen molar-refractivity contribution in [3.8, 4) is 17.1 Å². The molecule has 0 atom stereocenters. The molecule has 0 unspecified atom stereocenters. The van der Waals surface area contributed by atoms with Crippen molar-refractivity contribution in [3.05, 3.63) is 40.8 Å². The summed E-state index contributed by atoms with van der Waals surface area (Å²) in [5.41, 5.74) is 0.985. The van der Waals surface area contributed by atoms with Crippen LogP contribution in [-0.2, 0) is 16.6 Å². The van der Waals surface area contributed by atoms with Gasteiger partial charge in [0.2, 0.25) is 5.91 Å². The molecule has 3 aromatic rings. The van der Waals surface area contributed by atoms with E-state index in [0.29, 0.717) is 27.1 Å². The largest absolute Gasteiger partial charge is 0.462 e. The van der Waals surface area contributed by atoms with E-state index in [9.17, 15) is 18.4 Å². The number of nitrogens with zero attached hydrogens (tertiary/aromatic N) is 3. The number of halogens is 2. The number of benzene rings is 1. The molecule has 8 nitrogen and oxygen atoms in total. The fraction of sp³-hybridized carbons (Fsp3) is 0.300. The number of amides is 1. The SMILES string of the molecule is CCOC(=O)c1cc(C)sc1NC(=O)CSc1nnc(-c2ccc(OC(F)F)cc2)n1C. The molecule has 1 N–H and O–H groups in total. The van der Waals surface area contributed by atoms with Crippen LogP contribution in [0.25, 0.3) is 11.4 Å². The molecule has 170 valence electrons. The smallest absolute Gasteiger partial charge is 0.387 e. The molecule has 3 rings (SSSR count). The lowest BCUT2D eigenvalue weighted by molar-refractivity contribution is -0.113. The summed E-state index contributed by atoms with van der Waals surface area (Å²) in [4.78, 5) is 25.4. The number of thioether (sulfide) groups is 1. The summed E-state index contributed by atoms with van der Waals surface area (Å²) in [5, 5.41) is 11.9. The second-order valence-electron chi connectivity index (χ2n) is 6.43. The van der Waals surface area contributed by atoms with E-state index in [0.717, 1.165) is 4.88 Å². The molecule has 0 saturated carbocycles. The van der Waals surface area contributed by atoms with Crippen molar-refractivity contribution in [2.75, 3.05) is 17.7 Å². The fourth-order valence-electron chi connectivity index (χ4n) is 2.74. The Kier molecular flexibility index (Phi) is 7.80. The van der Waals surface area contributed by atoms with Crippen molar-refractivity contribution in [1.29, 1.82) is 0 Å². The number of aryl methyl sites for hydroxylation is 1. The van der Waals surface area contributed by atoms with Gasteiger partial charge in [-0.3, -0.25) is 4.79 Å². The van der Waals surface area contributed by atoms with Crippen molar-refractivity contribution in [2.45, 2.75) is 25.6 Å². The van der Waals surface area contributed by atoms with Gasteiger partial charge in [-0.2, -0.15) is 8.78 Å². The van der Waals surface area contributed by atoms with Crippen LogP contribution < -0.4 is 10.1 Å². The molecule has 0 radical (unpaired) electrons. The van der Waals surface area contributed by atoms with E-state index in [-0.39, 0.29) is 24.0 Å². The molecule has 1 aromatic carbocycles. The van der Waals surface area contributed by atoms with Crippen LogP contribution in [0.3, 0.4) is 0 Å². The van der Waals surface area contributed by atoms with Gasteiger partial charge in [-0.25, -0.2) is 4.79 Å². The van der Waals surface area contributed by atoms with Gasteiger partial charge < -0.3 is 19.4 Å². The van der Waals surface area contributed by atoms with Crippen molar-refractivity contribution >= 4 is 40.0 Å². The van der Waals surface area contributed by atoms with Crippen LogP contribution in [0.15, 0.2) is 35.5 Å². The predicted octanol–water partition coefficient (Wildman–Crippen LogP) is 4.36.